The number of ether oxygens (including phenoxy) is 1. The normalized spacial score (nSPS) is 18.0. The first kappa shape index (κ1) is 27.7. The zero-order chi connectivity index (χ0) is 24.6. The van der Waals surface area contributed by atoms with Crippen LogP contribution in [0.15, 0.2) is 36.7 Å². The molecule has 0 N–H and O–H groups in total. The number of unbranched alkanes of at least 4 members (excludes halogenated alkanes) is 8. The zero-order valence-electron chi connectivity index (χ0n) is 22.6. The molecule has 1 aromatic carbocycles. The summed E-state index contributed by atoms with van der Waals surface area (Å²) in [6.07, 6.45) is 26.2. The summed E-state index contributed by atoms with van der Waals surface area (Å²) in [7, 11) is 0. The molecule has 0 unspecified atom stereocenters. The van der Waals surface area contributed by atoms with Crippen molar-refractivity contribution in [1.29, 1.82) is 0 Å². The standard InChI is InChI=1S/C32H50N2O/c1-3-5-7-8-9-10-12-24-35-31-22-18-28(19-23-31)14-15-29-25-33-32(34-26-29)30-20-16-27(17-21-30)13-11-6-4-2/h18-19,22-23,25-27,30H,3-17,20-21,24H2,1-2H3/t27-,30-. The number of hydrogen-bond donors (Lipinski definition) is 0. The average molecular weight is 479 g/mol. The first-order valence-corrected chi connectivity index (χ1v) is 14.8. The van der Waals surface area contributed by atoms with Gasteiger partial charge in [-0.2, -0.15) is 0 Å². The molecule has 3 heteroatoms. The zero-order valence-corrected chi connectivity index (χ0v) is 22.6. The van der Waals surface area contributed by atoms with Gasteiger partial charge in [0.15, 0.2) is 0 Å². The Bertz CT molecular complexity index is 778. The number of aromatic nitrogens is 2. The molecular formula is C32H50N2O. The SMILES string of the molecule is CCCCCCCCCOc1ccc(CCc2cnc([C@H]3CC[C@H](CCCCC)CC3)nc2)cc1. The first-order chi connectivity index (χ1) is 17.3. The fraction of sp³-hybridized carbons (Fsp3) is 0.688. The van der Waals surface area contributed by atoms with Crippen LogP contribution >= 0.6 is 0 Å². The van der Waals surface area contributed by atoms with Gasteiger partial charge >= 0.3 is 0 Å². The van der Waals surface area contributed by atoms with Crippen molar-refractivity contribution in [2.75, 3.05) is 6.61 Å². The van der Waals surface area contributed by atoms with Crippen LogP contribution in [0, 0.1) is 5.92 Å². The Labute approximate surface area is 215 Å². The van der Waals surface area contributed by atoms with Crippen LogP contribution in [0.25, 0.3) is 0 Å². The highest BCUT2D eigenvalue weighted by atomic mass is 16.5. The van der Waals surface area contributed by atoms with Gasteiger partial charge in [0.2, 0.25) is 0 Å². The lowest BCUT2D eigenvalue weighted by Crippen LogP contribution is -2.15. The third-order valence-electron chi connectivity index (χ3n) is 7.80. The Morgan fingerprint density at radius 2 is 1.29 bits per heavy atom. The van der Waals surface area contributed by atoms with E-state index in [1.54, 1.807) is 0 Å². The van der Waals surface area contributed by atoms with Crippen molar-refractivity contribution in [2.24, 2.45) is 5.92 Å². The minimum atomic E-state index is 0.570. The number of benzene rings is 1. The second-order valence-electron chi connectivity index (χ2n) is 10.8. The van der Waals surface area contributed by atoms with E-state index in [1.807, 2.05) is 0 Å². The smallest absolute Gasteiger partial charge is 0.131 e. The molecular weight excluding hydrogens is 428 g/mol. The molecule has 0 bridgehead atoms. The lowest BCUT2D eigenvalue weighted by Gasteiger charge is -2.27. The van der Waals surface area contributed by atoms with Crippen molar-refractivity contribution in [3.63, 3.8) is 0 Å². The van der Waals surface area contributed by atoms with Gasteiger partial charge in [0.25, 0.3) is 0 Å². The molecule has 3 rings (SSSR count). The molecule has 35 heavy (non-hydrogen) atoms. The van der Waals surface area contributed by atoms with Gasteiger partial charge in [0.05, 0.1) is 6.61 Å². The third-order valence-corrected chi connectivity index (χ3v) is 7.80. The Morgan fingerprint density at radius 1 is 0.686 bits per heavy atom. The van der Waals surface area contributed by atoms with Gasteiger partial charge in [-0.25, -0.2) is 9.97 Å². The molecule has 0 atom stereocenters. The number of hydrogen-bond acceptors (Lipinski definition) is 3. The predicted molar refractivity (Wildman–Crippen MR) is 148 cm³/mol. The van der Waals surface area contributed by atoms with Gasteiger partial charge in [0, 0.05) is 18.3 Å². The van der Waals surface area contributed by atoms with E-state index in [1.165, 1.54) is 101 Å². The first-order valence-electron chi connectivity index (χ1n) is 14.8. The van der Waals surface area contributed by atoms with Crippen molar-refractivity contribution in [3.8, 4) is 5.75 Å². The topological polar surface area (TPSA) is 35.0 Å². The summed E-state index contributed by atoms with van der Waals surface area (Å²) < 4.78 is 5.93. The maximum absolute atomic E-state index is 5.93. The lowest BCUT2D eigenvalue weighted by molar-refractivity contribution is 0.297. The van der Waals surface area contributed by atoms with Crippen molar-refractivity contribution < 1.29 is 4.74 Å². The van der Waals surface area contributed by atoms with Crippen LogP contribution in [0.5, 0.6) is 5.75 Å². The molecule has 1 aliphatic carbocycles. The number of nitrogens with zero attached hydrogens (tertiary/aromatic N) is 2. The van der Waals surface area contributed by atoms with E-state index in [0.717, 1.165) is 43.4 Å². The van der Waals surface area contributed by atoms with Crippen molar-refractivity contribution >= 4 is 0 Å². The van der Waals surface area contributed by atoms with E-state index in [9.17, 15) is 0 Å². The summed E-state index contributed by atoms with van der Waals surface area (Å²) in [5, 5.41) is 0. The van der Waals surface area contributed by atoms with Crippen LogP contribution < -0.4 is 4.74 Å². The van der Waals surface area contributed by atoms with Crippen LogP contribution in [0.2, 0.25) is 0 Å². The molecule has 1 aliphatic rings. The van der Waals surface area contributed by atoms with E-state index in [2.05, 4.69) is 50.5 Å². The van der Waals surface area contributed by atoms with Crippen LogP contribution in [0.1, 0.15) is 133 Å². The van der Waals surface area contributed by atoms with Gasteiger partial charge in [-0.1, -0.05) is 90.2 Å². The van der Waals surface area contributed by atoms with Gasteiger partial charge in [-0.3, -0.25) is 0 Å². The summed E-state index contributed by atoms with van der Waals surface area (Å²) in [6.45, 7) is 5.39. The van der Waals surface area contributed by atoms with E-state index < -0.39 is 0 Å². The Morgan fingerprint density at radius 3 is 1.97 bits per heavy atom. The van der Waals surface area contributed by atoms with Gasteiger partial charge < -0.3 is 4.74 Å². The van der Waals surface area contributed by atoms with Crippen molar-refractivity contribution in [3.05, 3.63) is 53.6 Å². The van der Waals surface area contributed by atoms with Gasteiger partial charge in [-0.15, -0.1) is 0 Å². The molecule has 194 valence electrons. The quantitative estimate of drug-likeness (QED) is 0.212. The summed E-state index contributed by atoms with van der Waals surface area (Å²) in [4.78, 5) is 9.54. The predicted octanol–water partition coefficient (Wildman–Crippen LogP) is 9.25. The molecule has 2 aromatic rings. The van der Waals surface area contributed by atoms with Crippen LogP contribution in [-0.4, -0.2) is 16.6 Å². The Kier molecular flexibility index (Phi) is 13.2. The molecule has 3 nitrogen and oxygen atoms in total. The highest BCUT2D eigenvalue weighted by molar-refractivity contribution is 5.28. The molecule has 1 saturated carbocycles. The summed E-state index contributed by atoms with van der Waals surface area (Å²) >= 11 is 0. The monoisotopic (exact) mass is 478 g/mol. The van der Waals surface area contributed by atoms with Crippen LogP contribution in [-0.2, 0) is 12.8 Å². The highest BCUT2D eigenvalue weighted by Crippen LogP contribution is 2.36. The van der Waals surface area contributed by atoms with Crippen molar-refractivity contribution in [2.45, 2.75) is 129 Å². The second-order valence-corrected chi connectivity index (χ2v) is 10.8. The van der Waals surface area contributed by atoms with Gasteiger partial charge in [-0.05, 0) is 74.1 Å². The van der Waals surface area contributed by atoms with E-state index in [4.69, 9.17) is 14.7 Å². The minimum absolute atomic E-state index is 0.570. The fourth-order valence-corrected chi connectivity index (χ4v) is 5.39. The van der Waals surface area contributed by atoms with Crippen LogP contribution in [0.4, 0.5) is 0 Å². The maximum atomic E-state index is 5.93. The molecule has 1 fully saturated rings. The Balaban J connectivity index is 1.31. The van der Waals surface area contributed by atoms with E-state index in [0.29, 0.717) is 5.92 Å². The van der Waals surface area contributed by atoms with Crippen LogP contribution in [0.3, 0.4) is 0 Å². The number of aryl methyl sites for hydroxylation is 2. The van der Waals surface area contributed by atoms with E-state index >= 15 is 0 Å². The van der Waals surface area contributed by atoms with Gasteiger partial charge in [0.1, 0.15) is 11.6 Å². The van der Waals surface area contributed by atoms with Crippen molar-refractivity contribution in [1.82, 2.24) is 9.97 Å². The largest absolute Gasteiger partial charge is 0.494 e. The molecule has 0 radical (unpaired) electrons. The minimum Gasteiger partial charge on any atom is -0.494 e. The Hall–Kier alpha value is -1.90. The maximum Gasteiger partial charge on any atom is 0.131 e. The molecule has 0 amide bonds. The lowest BCUT2D eigenvalue weighted by atomic mass is 9.79. The number of rotatable bonds is 17. The summed E-state index contributed by atoms with van der Waals surface area (Å²) in [6, 6.07) is 8.64. The van der Waals surface area contributed by atoms with E-state index in [-0.39, 0.29) is 0 Å². The second kappa shape index (κ2) is 16.7. The summed E-state index contributed by atoms with van der Waals surface area (Å²) in [5.74, 6) is 3.57. The molecule has 0 aliphatic heterocycles. The molecule has 1 heterocycles. The average Bonchev–Trinajstić information content (AvgIpc) is 2.90. The molecule has 0 saturated heterocycles. The third kappa shape index (κ3) is 10.7. The molecule has 0 spiro atoms. The summed E-state index contributed by atoms with van der Waals surface area (Å²) in [5.41, 5.74) is 2.58. The molecule has 1 aromatic heterocycles. The highest BCUT2D eigenvalue weighted by Gasteiger charge is 2.23. The fourth-order valence-electron chi connectivity index (χ4n) is 5.39.